The van der Waals surface area contributed by atoms with Crippen molar-refractivity contribution in [1.29, 1.82) is 0 Å². The summed E-state index contributed by atoms with van der Waals surface area (Å²) in [7, 11) is 1.67. The molecule has 1 aliphatic heterocycles. The molecule has 4 heteroatoms. The van der Waals surface area contributed by atoms with E-state index in [0.717, 1.165) is 26.2 Å². The summed E-state index contributed by atoms with van der Waals surface area (Å²) in [6, 6.07) is 0. The van der Waals surface area contributed by atoms with E-state index in [4.69, 9.17) is 18.9 Å². The summed E-state index contributed by atoms with van der Waals surface area (Å²) in [6.07, 6.45) is 1.12. The standard InChI is InChI=1S/C11H22O4/c1-3-11(9-15-10-11)8-14-7-6-13-5-4-12-2/h3-10H2,1-2H3. The van der Waals surface area contributed by atoms with E-state index in [1.807, 2.05) is 0 Å². The molecule has 4 nitrogen and oxygen atoms in total. The third-order valence-electron chi connectivity index (χ3n) is 2.78. The van der Waals surface area contributed by atoms with Crippen LogP contribution in [0.5, 0.6) is 0 Å². The first-order valence-corrected chi connectivity index (χ1v) is 5.55. The number of hydrogen-bond donors (Lipinski definition) is 0. The van der Waals surface area contributed by atoms with Gasteiger partial charge in [-0.3, -0.25) is 0 Å². The Bertz CT molecular complexity index is 151. The van der Waals surface area contributed by atoms with Gasteiger partial charge in [-0.2, -0.15) is 0 Å². The smallest absolute Gasteiger partial charge is 0.0701 e. The van der Waals surface area contributed by atoms with E-state index in [0.29, 0.717) is 26.4 Å². The van der Waals surface area contributed by atoms with Gasteiger partial charge in [-0.25, -0.2) is 0 Å². The molecule has 0 aliphatic carbocycles. The highest BCUT2D eigenvalue weighted by Crippen LogP contribution is 2.31. The predicted octanol–water partition coefficient (Wildman–Crippen LogP) is 1.09. The lowest BCUT2D eigenvalue weighted by Gasteiger charge is -2.40. The Kier molecular flexibility index (Phi) is 6.17. The van der Waals surface area contributed by atoms with Crippen molar-refractivity contribution in [3.05, 3.63) is 0 Å². The molecule has 1 saturated heterocycles. The minimum Gasteiger partial charge on any atom is -0.382 e. The van der Waals surface area contributed by atoms with E-state index in [9.17, 15) is 0 Å². The number of methoxy groups -OCH3 is 1. The zero-order chi connectivity index (χ0) is 11.0. The maximum atomic E-state index is 5.57. The molecule has 0 amide bonds. The van der Waals surface area contributed by atoms with Gasteiger partial charge in [0.25, 0.3) is 0 Å². The minimum absolute atomic E-state index is 0.284. The van der Waals surface area contributed by atoms with Crippen molar-refractivity contribution in [2.45, 2.75) is 13.3 Å². The summed E-state index contributed by atoms with van der Waals surface area (Å²) in [5.74, 6) is 0. The molecule has 0 atom stereocenters. The number of rotatable bonds is 9. The third-order valence-corrected chi connectivity index (χ3v) is 2.78. The van der Waals surface area contributed by atoms with Gasteiger partial charge in [-0.15, -0.1) is 0 Å². The Morgan fingerprint density at radius 2 is 1.73 bits per heavy atom. The SMILES string of the molecule is CCC1(COCCOCCOC)COC1. The van der Waals surface area contributed by atoms with Gasteiger partial charge < -0.3 is 18.9 Å². The van der Waals surface area contributed by atoms with E-state index < -0.39 is 0 Å². The Balaban J connectivity index is 1.88. The van der Waals surface area contributed by atoms with E-state index in [1.165, 1.54) is 0 Å². The second kappa shape index (κ2) is 7.17. The van der Waals surface area contributed by atoms with Gasteiger partial charge >= 0.3 is 0 Å². The molecule has 90 valence electrons. The van der Waals surface area contributed by atoms with Crippen molar-refractivity contribution in [2.24, 2.45) is 5.41 Å². The summed E-state index contributed by atoms with van der Waals surface area (Å²) < 4.78 is 20.9. The van der Waals surface area contributed by atoms with Crippen molar-refractivity contribution < 1.29 is 18.9 Å². The lowest BCUT2D eigenvalue weighted by atomic mass is 9.84. The van der Waals surface area contributed by atoms with Crippen LogP contribution in [0, 0.1) is 5.41 Å². The Morgan fingerprint density at radius 3 is 2.27 bits per heavy atom. The van der Waals surface area contributed by atoms with Crippen LogP contribution in [0.1, 0.15) is 13.3 Å². The number of ether oxygens (including phenoxy) is 4. The van der Waals surface area contributed by atoms with E-state index in [2.05, 4.69) is 6.92 Å². The molecule has 1 heterocycles. The third kappa shape index (κ3) is 4.47. The highest BCUT2D eigenvalue weighted by Gasteiger charge is 2.36. The van der Waals surface area contributed by atoms with Crippen molar-refractivity contribution in [1.82, 2.24) is 0 Å². The molecule has 0 saturated carbocycles. The predicted molar refractivity (Wildman–Crippen MR) is 57.1 cm³/mol. The normalized spacial score (nSPS) is 18.8. The Labute approximate surface area is 91.8 Å². The van der Waals surface area contributed by atoms with Crippen LogP contribution in [0.4, 0.5) is 0 Å². The van der Waals surface area contributed by atoms with Crippen molar-refractivity contribution in [3.63, 3.8) is 0 Å². The zero-order valence-electron chi connectivity index (χ0n) is 9.79. The lowest BCUT2D eigenvalue weighted by Crippen LogP contribution is -2.45. The number of hydrogen-bond acceptors (Lipinski definition) is 4. The van der Waals surface area contributed by atoms with Gasteiger partial charge in [0.2, 0.25) is 0 Å². The molecule has 1 aliphatic rings. The highest BCUT2D eigenvalue weighted by atomic mass is 16.5. The highest BCUT2D eigenvalue weighted by molar-refractivity contribution is 4.83. The van der Waals surface area contributed by atoms with E-state index in [1.54, 1.807) is 7.11 Å². The van der Waals surface area contributed by atoms with E-state index in [-0.39, 0.29) is 5.41 Å². The average molecular weight is 218 g/mol. The first-order valence-electron chi connectivity index (χ1n) is 5.55. The van der Waals surface area contributed by atoms with Crippen LogP contribution in [0.3, 0.4) is 0 Å². The summed E-state index contributed by atoms with van der Waals surface area (Å²) in [4.78, 5) is 0. The molecule has 0 spiro atoms. The van der Waals surface area contributed by atoms with Crippen molar-refractivity contribution in [3.8, 4) is 0 Å². The quantitative estimate of drug-likeness (QED) is 0.543. The zero-order valence-corrected chi connectivity index (χ0v) is 9.79. The molecule has 0 aromatic heterocycles. The fourth-order valence-corrected chi connectivity index (χ4v) is 1.43. The van der Waals surface area contributed by atoms with Gasteiger partial charge in [0.05, 0.1) is 46.2 Å². The van der Waals surface area contributed by atoms with Gasteiger partial charge in [0.1, 0.15) is 0 Å². The lowest BCUT2D eigenvalue weighted by molar-refractivity contribution is -0.153. The van der Waals surface area contributed by atoms with Crippen LogP contribution in [0.25, 0.3) is 0 Å². The summed E-state index contributed by atoms with van der Waals surface area (Å²) in [5.41, 5.74) is 0.284. The van der Waals surface area contributed by atoms with Gasteiger partial charge in [-0.1, -0.05) is 6.92 Å². The van der Waals surface area contributed by atoms with Gasteiger partial charge in [0.15, 0.2) is 0 Å². The largest absolute Gasteiger partial charge is 0.382 e. The molecule has 1 fully saturated rings. The molecule has 0 aromatic carbocycles. The molecule has 0 N–H and O–H groups in total. The first-order chi connectivity index (χ1) is 7.33. The fourth-order valence-electron chi connectivity index (χ4n) is 1.43. The Morgan fingerprint density at radius 1 is 1.07 bits per heavy atom. The Hall–Kier alpha value is -0.160. The average Bonchev–Trinajstić information content (AvgIpc) is 2.20. The molecule has 1 rings (SSSR count). The molecule has 0 aromatic rings. The molecule has 0 bridgehead atoms. The summed E-state index contributed by atoms with van der Waals surface area (Å²) in [6.45, 7) is 7.24. The summed E-state index contributed by atoms with van der Waals surface area (Å²) in [5, 5.41) is 0. The van der Waals surface area contributed by atoms with Crippen LogP contribution < -0.4 is 0 Å². The second-order valence-corrected chi connectivity index (χ2v) is 4.00. The van der Waals surface area contributed by atoms with E-state index >= 15 is 0 Å². The van der Waals surface area contributed by atoms with Crippen LogP contribution in [0.2, 0.25) is 0 Å². The molecular weight excluding hydrogens is 196 g/mol. The van der Waals surface area contributed by atoms with Crippen LogP contribution in [-0.2, 0) is 18.9 Å². The van der Waals surface area contributed by atoms with Crippen LogP contribution >= 0.6 is 0 Å². The molecule has 0 unspecified atom stereocenters. The molecular formula is C11H22O4. The van der Waals surface area contributed by atoms with Crippen molar-refractivity contribution >= 4 is 0 Å². The summed E-state index contributed by atoms with van der Waals surface area (Å²) >= 11 is 0. The fraction of sp³-hybridized carbons (Fsp3) is 1.00. The first kappa shape index (κ1) is 12.9. The van der Waals surface area contributed by atoms with Crippen LogP contribution in [-0.4, -0.2) is 53.4 Å². The van der Waals surface area contributed by atoms with Crippen LogP contribution in [0.15, 0.2) is 0 Å². The van der Waals surface area contributed by atoms with Gasteiger partial charge in [-0.05, 0) is 6.42 Å². The molecule has 15 heavy (non-hydrogen) atoms. The monoisotopic (exact) mass is 218 g/mol. The maximum Gasteiger partial charge on any atom is 0.0701 e. The molecule has 0 radical (unpaired) electrons. The second-order valence-electron chi connectivity index (χ2n) is 4.00. The topological polar surface area (TPSA) is 36.9 Å². The van der Waals surface area contributed by atoms with Gasteiger partial charge in [0, 0.05) is 12.5 Å². The maximum absolute atomic E-state index is 5.57. The minimum atomic E-state index is 0.284. The van der Waals surface area contributed by atoms with Crippen molar-refractivity contribution in [2.75, 3.05) is 53.4 Å².